The van der Waals surface area contributed by atoms with Gasteiger partial charge in [-0.3, -0.25) is 4.79 Å². The van der Waals surface area contributed by atoms with Gasteiger partial charge in [0.05, 0.1) is 11.1 Å². The fraction of sp³-hybridized carbons (Fsp3) is 0.231. The Labute approximate surface area is 129 Å². The smallest absolute Gasteiger partial charge is 0.253 e. The summed E-state index contributed by atoms with van der Waals surface area (Å²) < 4.78 is 0.674. The molecule has 1 aromatic heterocycles. The Balaban J connectivity index is 2.21. The van der Waals surface area contributed by atoms with Gasteiger partial charge in [0.25, 0.3) is 5.91 Å². The number of rotatable bonds is 3. The maximum absolute atomic E-state index is 12.3. The number of carbonyl (C=O) groups is 1. The van der Waals surface area contributed by atoms with Gasteiger partial charge in [-0.15, -0.1) is 11.3 Å². The zero-order valence-electron chi connectivity index (χ0n) is 10.4. The molecular weight excluding hydrogens is 348 g/mol. The van der Waals surface area contributed by atoms with E-state index in [-0.39, 0.29) is 5.91 Å². The van der Waals surface area contributed by atoms with Gasteiger partial charge in [0, 0.05) is 21.1 Å². The Morgan fingerprint density at radius 3 is 2.79 bits per heavy atom. The van der Waals surface area contributed by atoms with E-state index in [0.717, 1.165) is 5.01 Å². The van der Waals surface area contributed by atoms with Crippen molar-refractivity contribution in [3.05, 3.63) is 49.8 Å². The van der Waals surface area contributed by atoms with Crippen LogP contribution in [0.25, 0.3) is 0 Å². The van der Waals surface area contributed by atoms with Gasteiger partial charge in [0.15, 0.2) is 0 Å². The molecule has 6 heteroatoms. The Morgan fingerprint density at radius 1 is 1.47 bits per heavy atom. The van der Waals surface area contributed by atoms with Crippen LogP contribution in [0, 0.1) is 0 Å². The van der Waals surface area contributed by atoms with Crippen LogP contribution >= 0.6 is 38.9 Å². The van der Waals surface area contributed by atoms with Crippen LogP contribution in [0.15, 0.2) is 34.2 Å². The average molecular weight is 360 g/mol. The highest BCUT2D eigenvalue weighted by atomic mass is 79.9. The molecule has 0 saturated heterocycles. The van der Waals surface area contributed by atoms with E-state index < -0.39 is 5.54 Å². The number of aromatic nitrogens is 1. The number of halogens is 2. The maximum atomic E-state index is 12.3. The SMILES string of the molecule is CC(C)(NC(=O)c1ccc(Cl)cc1Br)c1nccs1. The van der Waals surface area contributed by atoms with Crippen molar-refractivity contribution in [2.45, 2.75) is 19.4 Å². The molecule has 1 N–H and O–H groups in total. The van der Waals surface area contributed by atoms with Crippen molar-refractivity contribution in [1.29, 1.82) is 0 Å². The predicted octanol–water partition coefficient (Wildman–Crippen LogP) is 4.22. The first kappa shape index (κ1) is 14.5. The van der Waals surface area contributed by atoms with Crippen LogP contribution < -0.4 is 5.32 Å². The number of carbonyl (C=O) groups excluding carboxylic acids is 1. The number of nitrogens with one attached hydrogen (secondary N) is 1. The zero-order chi connectivity index (χ0) is 14.0. The van der Waals surface area contributed by atoms with E-state index in [1.165, 1.54) is 11.3 Å². The lowest BCUT2D eigenvalue weighted by Gasteiger charge is -2.24. The topological polar surface area (TPSA) is 42.0 Å². The molecule has 0 radical (unpaired) electrons. The molecular formula is C13H12BrClN2OS. The number of thiazole rings is 1. The fourth-order valence-corrected chi connectivity index (χ4v) is 3.19. The normalized spacial score (nSPS) is 11.4. The second-order valence-corrected chi connectivity index (χ2v) is 6.73. The monoisotopic (exact) mass is 358 g/mol. The summed E-state index contributed by atoms with van der Waals surface area (Å²) in [5, 5.41) is 6.31. The van der Waals surface area contributed by atoms with Crippen LogP contribution in [0.1, 0.15) is 29.2 Å². The summed E-state index contributed by atoms with van der Waals surface area (Å²) in [5.41, 5.74) is 0.0404. The Morgan fingerprint density at radius 2 is 2.21 bits per heavy atom. The number of nitrogens with zero attached hydrogens (tertiary/aromatic N) is 1. The van der Waals surface area contributed by atoms with Gasteiger partial charge in [-0.2, -0.15) is 0 Å². The lowest BCUT2D eigenvalue weighted by molar-refractivity contribution is 0.0911. The van der Waals surface area contributed by atoms with Crippen LogP contribution in [0.3, 0.4) is 0 Å². The first-order valence-corrected chi connectivity index (χ1v) is 7.63. The third kappa shape index (κ3) is 3.35. The molecule has 0 saturated carbocycles. The fourth-order valence-electron chi connectivity index (χ4n) is 1.61. The van der Waals surface area contributed by atoms with Crippen molar-refractivity contribution in [1.82, 2.24) is 10.3 Å². The molecule has 1 aromatic carbocycles. The number of benzene rings is 1. The Hall–Kier alpha value is -0.910. The van der Waals surface area contributed by atoms with Crippen molar-refractivity contribution in [2.75, 3.05) is 0 Å². The van der Waals surface area contributed by atoms with E-state index in [4.69, 9.17) is 11.6 Å². The third-order valence-corrected chi connectivity index (χ3v) is 4.56. The summed E-state index contributed by atoms with van der Waals surface area (Å²) in [7, 11) is 0. The minimum absolute atomic E-state index is 0.163. The second-order valence-electron chi connectivity index (χ2n) is 4.54. The molecule has 100 valence electrons. The molecule has 1 heterocycles. The van der Waals surface area contributed by atoms with Gasteiger partial charge in [-0.1, -0.05) is 11.6 Å². The largest absolute Gasteiger partial charge is 0.341 e. The quantitative estimate of drug-likeness (QED) is 0.891. The number of amides is 1. The highest BCUT2D eigenvalue weighted by Gasteiger charge is 2.26. The first-order valence-electron chi connectivity index (χ1n) is 5.58. The molecule has 3 nitrogen and oxygen atoms in total. The molecule has 0 aliphatic heterocycles. The third-order valence-electron chi connectivity index (χ3n) is 2.57. The molecule has 0 aliphatic rings. The minimum atomic E-state index is -0.510. The average Bonchev–Trinajstić information content (AvgIpc) is 2.81. The van der Waals surface area contributed by atoms with Crippen molar-refractivity contribution in [3.63, 3.8) is 0 Å². The van der Waals surface area contributed by atoms with Crippen molar-refractivity contribution < 1.29 is 4.79 Å². The summed E-state index contributed by atoms with van der Waals surface area (Å²) in [4.78, 5) is 16.5. The standard InChI is InChI=1S/C13H12BrClN2OS/c1-13(2,12-16-5-6-19-12)17-11(18)9-4-3-8(15)7-10(9)14/h3-7H,1-2H3,(H,17,18). The van der Waals surface area contributed by atoms with E-state index in [0.29, 0.717) is 15.1 Å². The van der Waals surface area contributed by atoms with E-state index >= 15 is 0 Å². The minimum Gasteiger partial charge on any atom is -0.341 e. The summed E-state index contributed by atoms with van der Waals surface area (Å²) in [6, 6.07) is 5.09. The van der Waals surface area contributed by atoms with Gasteiger partial charge >= 0.3 is 0 Å². The lowest BCUT2D eigenvalue weighted by atomic mass is 10.1. The Kier molecular flexibility index (Phi) is 4.28. The van der Waals surface area contributed by atoms with Crippen LogP contribution in [-0.2, 0) is 5.54 Å². The van der Waals surface area contributed by atoms with Crippen LogP contribution in [0.2, 0.25) is 5.02 Å². The molecule has 0 atom stereocenters. The maximum Gasteiger partial charge on any atom is 0.253 e. The second kappa shape index (κ2) is 5.61. The van der Waals surface area contributed by atoms with E-state index in [1.54, 1.807) is 24.4 Å². The molecule has 0 spiro atoms. The van der Waals surface area contributed by atoms with Gasteiger partial charge in [0.2, 0.25) is 0 Å². The van der Waals surface area contributed by atoms with Crippen molar-refractivity contribution in [2.24, 2.45) is 0 Å². The lowest BCUT2D eigenvalue weighted by Crippen LogP contribution is -2.41. The summed E-state index contributed by atoms with van der Waals surface area (Å²) >= 11 is 10.7. The molecule has 1 amide bonds. The number of hydrogen-bond acceptors (Lipinski definition) is 3. The summed E-state index contributed by atoms with van der Waals surface area (Å²) in [6.07, 6.45) is 1.73. The summed E-state index contributed by atoms with van der Waals surface area (Å²) in [5.74, 6) is -0.163. The van der Waals surface area contributed by atoms with E-state index in [1.807, 2.05) is 19.2 Å². The number of hydrogen-bond donors (Lipinski definition) is 1. The Bertz CT molecular complexity index is 599. The van der Waals surface area contributed by atoms with Crippen LogP contribution in [0.5, 0.6) is 0 Å². The molecule has 0 bridgehead atoms. The van der Waals surface area contributed by atoms with E-state index in [2.05, 4.69) is 26.2 Å². The summed E-state index contributed by atoms with van der Waals surface area (Å²) in [6.45, 7) is 3.85. The van der Waals surface area contributed by atoms with Gasteiger partial charge in [0.1, 0.15) is 5.01 Å². The van der Waals surface area contributed by atoms with Gasteiger partial charge in [-0.05, 0) is 48.0 Å². The van der Waals surface area contributed by atoms with Crippen molar-refractivity contribution >= 4 is 44.8 Å². The highest BCUT2D eigenvalue weighted by Crippen LogP contribution is 2.25. The molecule has 0 aliphatic carbocycles. The molecule has 0 unspecified atom stereocenters. The molecule has 2 rings (SSSR count). The highest BCUT2D eigenvalue weighted by molar-refractivity contribution is 9.10. The molecule has 19 heavy (non-hydrogen) atoms. The molecule has 2 aromatic rings. The van der Waals surface area contributed by atoms with Crippen LogP contribution in [-0.4, -0.2) is 10.9 Å². The van der Waals surface area contributed by atoms with E-state index in [9.17, 15) is 4.79 Å². The zero-order valence-corrected chi connectivity index (χ0v) is 13.6. The van der Waals surface area contributed by atoms with Gasteiger partial charge in [-0.25, -0.2) is 4.98 Å². The molecule has 0 fully saturated rings. The predicted molar refractivity (Wildman–Crippen MR) is 81.8 cm³/mol. The van der Waals surface area contributed by atoms with Crippen molar-refractivity contribution in [3.8, 4) is 0 Å². The van der Waals surface area contributed by atoms with Crippen LogP contribution in [0.4, 0.5) is 0 Å². The first-order chi connectivity index (χ1) is 8.90. The van der Waals surface area contributed by atoms with Gasteiger partial charge < -0.3 is 5.32 Å².